The number of hydrogen-bond acceptors (Lipinski definition) is 2. The van der Waals surface area contributed by atoms with Crippen LogP contribution in [0.25, 0.3) is 0 Å². The first-order chi connectivity index (χ1) is 35.6. The molecule has 0 spiro atoms. The molecular formula is C70H114N2. The topological polar surface area (TPSA) is 24.7 Å². The second kappa shape index (κ2) is 47.2. The third-order valence-corrected chi connectivity index (χ3v) is 14.5. The van der Waals surface area contributed by atoms with Gasteiger partial charge in [0.1, 0.15) is 0 Å². The summed E-state index contributed by atoms with van der Waals surface area (Å²) in [5, 5.41) is 0. The molecule has 0 aliphatic carbocycles. The molecule has 0 aromatic heterocycles. The first-order valence-electron chi connectivity index (χ1n) is 31.2. The Morgan fingerprint density at radius 2 is 0.611 bits per heavy atom. The molecule has 2 aromatic rings. The van der Waals surface area contributed by atoms with E-state index in [0.717, 1.165) is 101 Å². The van der Waals surface area contributed by atoms with Crippen LogP contribution in [0, 0.1) is 0 Å². The van der Waals surface area contributed by atoms with Crippen molar-refractivity contribution in [1.82, 2.24) is 0 Å². The van der Waals surface area contributed by atoms with Gasteiger partial charge in [0.15, 0.2) is 0 Å². The highest BCUT2D eigenvalue weighted by Crippen LogP contribution is 2.40. The molecule has 0 amide bonds. The van der Waals surface area contributed by atoms with Crippen LogP contribution in [0.15, 0.2) is 101 Å². The second-order valence-electron chi connectivity index (χ2n) is 20.9. The standard InChI is InChI=1S/C70H114N2/c1-8-15-21-26-31-36-41-49-56-63-64(57-50-42-37-32-27-22-16-9-2)66(59-52-44-39-34-29-24-18-11-4)70(72-69(61-20-13-6)68(14-7)71-62-54-47-46-48-55-62)67(60-53-45-40-35-30-25-19-12-5)65(63)58-51-43-38-33-28-23-17-10-3/h36-48,54-55H,8-35,49-53,56-61H2,1-7H3/b41-36+,42-37+,43-38+,44-39+,45-40+,71-68?,72-69?. The van der Waals surface area contributed by atoms with Crippen molar-refractivity contribution in [3.05, 3.63) is 119 Å². The average molecular weight is 984 g/mol. The molecule has 0 saturated heterocycles. The Bertz CT molecular complexity index is 1720. The smallest absolute Gasteiger partial charge is 0.0703 e. The van der Waals surface area contributed by atoms with Crippen molar-refractivity contribution in [1.29, 1.82) is 0 Å². The highest BCUT2D eigenvalue weighted by atomic mass is 14.8. The molecule has 0 atom stereocenters. The summed E-state index contributed by atoms with van der Waals surface area (Å²) in [6.07, 6.45) is 72.4. The number of hydrogen-bond donors (Lipinski definition) is 0. The summed E-state index contributed by atoms with van der Waals surface area (Å²) < 4.78 is 0. The molecule has 2 heteroatoms. The number of nitrogens with zero attached hydrogens (tertiary/aromatic N) is 2. The summed E-state index contributed by atoms with van der Waals surface area (Å²) in [6.45, 7) is 16.2. The summed E-state index contributed by atoms with van der Waals surface area (Å²) in [7, 11) is 0. The van der Waals surface area contributed by atoms with E-state index in [-0.39, 0.29) is 0 Å². The van der Waals surface area contributed by atoms with Gasteiger partial charge in [-0.15, -0.1) is 0 Å². The zero-order chi connectivity index (χ0) is 51.8. The highest BCUT2D eigenvalue weighted by Gasteiger charge is 2.24. The van der Waals surface area contributed by atoms with E-state index in [0.29, 0.717) is 0 Å². The number of rotatable bonds is 47. The van der Waals surface area contributed by atoms with Crippen molar-refractivity contribution in [3.63, 3.8) is 0 Å². The quantitative estimate of drug-likeness (QED) is 0.0359. The number of aliphatic imine (C=N–C) groups is 2. The molecule has 2 aromatic carbocycles. The van der Waals surface area contributed by atoms with E-state index in [1.807, 2.05) is 0 Å². The SMILES string of the molecule is CCCCCC/C=C/CCc1c(CC/C=C/CCCCCC)c(CC/C=C/CCCCCC)c(N=C(CCCC)C(CC)=Nc2ccccc2)c(CC/C=C/CCCCCC)c1CC/C=C/CCCCCC. The van der Waals surface area contributed by atoms with Crippen molar-refractivity contribution >= 4 is 22.8 Å². The Kier molecular flexibility index (Phi) is 42.4. The Hall–Kier alpha value is -3.52. The van der Waals surface area contributed by atoms with Crippen molar-refractivity contribution in [2.75, 3.05) is 0 Å². The fourth-order valence-corrected chi connectivity index (χ4v) is 10.1. The van der Waals surface area contributed by atoms with Gasteiger partial charge in [0.2, 0.25) is 0 Å². The van der Waals surface area contributed by atoms with E-state index in [1.54, 1.807) is 27.8 Å². The summed E-state index contributed by atoms with van der Waals surface area (Å²) in [6, 6.07) is 10.7. The van der Waals surface area contributed by atoms with Crippen LogP contribution in [-0.4, -0.2) is 11.4 Å². The maximum Gasteiger partial charge on any atom is 0.0703 e. The lowest BCUT2D eigenvalue weighted by Gasteiger charge is -2.26. The maximum atomic E-state index is 6.13. The number of para-hydroxylation sites is 1. The van der Waals surface area contributed by atoms with Gasteiger partial charge in [0.05, 0.1) is 22.8 Å². The summed E-state index contributed by atoms with van der Waals surface area (Å²) in [5.41, 5.74) is 12.7. The Labute approximate surface area is 448 Å². The molecule has 0 unspecified atom stereocenters. The Morgan fingerprint density at radius 3 is 0.931 bits per heavy atom. The third kappa shape index (κ3) is 30.6. The molecule has 0 radical (unpaired) electrons. The van der Waals surface area contributed by atoms with E-state index in [4.69, 9.17) is 9.98 Å². The lowest BCUT2D eigenvalue weighted by molar-refractivity contribution is 0.673. The van der Waals surface area contributed by atoms with E-state index >= 15 is 0 Å². The minimum atomic E-state index is 0.873. The number of unbranched alkanes of at least 4 members (excludes halogenated alkanes) is 21. The molecule has 404 valence electrons. The van der Waals surface area contributed by atoms with Crippen LogP contribution < -0.4 is 0 Å². The van der Waals surface area contributed by atoms with Gasteiger partial charge in [0.25, 0.3) is 0 Å². The lowest BCUT2D eigenvalue weighted by atomic mass is 9.81. The molecule has 0 aliphatic heterocycles. The molecule has 0 aliphatic rings. The van der Waals surface area contributed by atoms with Gasteiger partial charge in [0, 0.05) is 0 Å². The molecule has 2 nitrogen and oxygen atoms in total. The first kappa shape index (κ1) is 64.6. The first-order valence-corrected chi connectivity index (χ1v) is 31.2. The molecule has 72 heavy (non-hydrogen) atoms. The Balaban J connectivity index is 3.07. The Morgan fingerprint density at radius 1 is 0.306 bits per heavy atom. The minimum Gasteiger partial charge on any atom is -0.252 e. The molecule has 0 fully saturated rings. The molecule has 0 heterocycles. The van der Waals surface area contributed by atoms with Crippen LogP contribution in [0.5, 0.6) is 0 Å². The molecule has 0 N–H and O–H groups in total. The maximum absolute atomic E-state index is 6.13. The van der Waals surface area contributed by atoms with Crippen LogP contribution in [-0.2, 0) is 32.1 Å². The summed E-state index contributed by atoms with van der Waals surface area (Å²) in [4.78, 5) is 11.5. The van der Waals surface area contributed by atoms with Gasteiger partial charge >= 0.3 is 0 Å². The molecular weight excluding hydrogens is 869 g/mol. The minimum absolute atomic E-state index is 0.873. The third-order valence-electron chi connectivity index (χ3n) is 14.5. The van der Waals surface area contributed by atoms with Gasteiger partial charge in [-0.05, 0) is 188 Å². The summed E-state index contributed by atoms with van der Waals surface area (Å²) in [5.74, 6) is 0. The zero-order valence-electron chi connectivity index (χ0n) is 48.6. The van der Waals surface area contributed by atoms with Crippen LogP contribution in [0.3, 0.4) is 0 Å². The highest BCUT2D eigenvalue weighted by molar-refractivity contribution is 6.43. The monoisotopic (exact) mass is 983 g/mol. The number of benzene rings is 2. The van der Waals surface area contributed by atoms with Crippen molar-refractivity contribution in [3.8, 4) is 0 Å². The van der Waals surface area contributed by atoms with Crippen molar-refractivity contribution in [2.45, 2.75) is 299 Å². The molecule has 0 saturated carbocycles. The van der Waals surface area contributed by atoms with E-state index in [1.165, 1.54) is 172 Å². The van der Waals surface area contributed by atoms with Gasteiger partial charge in [-0.1, -0.05) is 230 Å². The zero-order valence-corrected chi connectivity index (χ0v) is 48.6. The van der Waals surface area contributed by atoms with Crippen molar-refractivity contribution < 1.29 is 0 Å². The average Bonchev–Trinajstić information content (AvgIpc) is 3.40. The normalized spacial score (nSPS) is 12.8. The van der Waals surface area contributed by atoms with Crippen LogP contribution in [0.1, 0.15) is 295 Å². The van der Waals surface area contributed by atoms with Gasteiger partial charge in [-0.3, -0.25) is 9.98 Å². The molecule has 0 bridgehead atoms. The van der Waals surface area contributed by atoms with Crippen LogP contribution in [0.2, 0.25) is 0 Å². The largest absolute Gasteiger partial charge is 0.252 e. The lowest BCUT2D eigenvalue weighted by Crippen LogP contribution is -2.15. The predicted molar refractivity (Wildman–Crippen MR) is 328 cm³/mol. The fraction of sp³-hybridized carbons (Fsp3) is 0.657. The van der Waals surface area contributed by atoms with E-state index in [9.17, 15) is 0 Å². The van der Waals surface area contributed by atoms with Crippen molar-refractivity contribution in [2.24, 2.45) is 9.98 Å². The van der Waals surface area contributed by atoms with E-state index in [2.05, 4.69) is 140 Å². The van der Waals surface area contributed by atoms with Crippen LogP contribution >= 0.6 is 0 Å². The number of allylic oxidation sites excluding steroid dienone is 10. The van der Waals surface area contributed by atoms with Crippen LogP contribution in [0.4, 0.5) is 11.4 Å². The summed E-state index contributed by atoms with van der Waals surface area (Å²) >= 11 is 0. The molecule has 2 rings (SSSR count). The van der Waals surface area contributed by atoms with Gasteiger partial charge in [-0.25, -0.2) is 0 Å². The van der Waals surface area contributed by atoms with Gasteiger partial charge in [-0.2, -0.15) is 0 Å². The predicted octanol–water partition coefficient (Wildman–Crippen LogP) is 23.4. The second-order valence-corrected chi connectivity index (χ2v) is 20.9. The van der Waals surface area contributed by atoms with E-state index < -0.39 is 0 Å². The fourth-order valence-electron chi connectivity index (χ4n) is 10.1. The van der Waals surface area contributed by atoms with Gasteiger partial charge < -0.3 is 0 Å².